The number of allylic oxidation sites excluding steroid dienone is 3. The van der Waals surface area contributed by atoms with Crippen molar-refractivity contribution in [1.82, 2.24) is 46.9 Å². The second-order valence-electron chi connectivity index (χ2n) is 35.7. The zero-order valence-electron chi connectivity index (χ0n) is 84.8. The van der Waals surface area contributed by atoms with Crippen LogP contribution in [0, 0.1) is 46.0 Å². The Bertz CT molecular complexity index is 5430. The van der Waals surface area contributed by atoms with E-state index < -0.39 is 193 Å². The number of carbonyl (C=O) groups is 10. The molecule has 147 heavy (non-hydrogen) atoms. The lowest BCUT2D eigenvalue weighted by Crippen LogP contribution is -2.65. The van der Waals surface area contributed by atoms with Gasteiger partial charge in [0, 0.05) is 110 Å². The molecule has 1 aromatic heterocycles. The number of ether oxygens (including phenoxy) is 15. The molecule has 14 N–H and O–H groups in total. The number of carbonyl (C=O) groups excluding carboxylic acids is 10. The van der Waals surface area contributed by atoms with Crippen molar-refractivity contribution in [2.24, 2.45) is 17.6 Å². The number of Topliss-reactive ketones (excluding diaryl/α,β-unsaturated/α-hetero) is 2. The summed E-state index contributed by atoms with van der Waals surface area (Å²) in [6.07, 6.45) is -13.7. The van der Waals surface area contributed by atoms with E-state index >= 15 is 0 Å². The number of nitrogens with two attached hydrogens (primary N) is 1. The number of urea groups is 1. The van der Waals surface area contributed by atoms with E-state index in [9.17, 15) is 73.5 Å². The Balaban J connectivity index is 0.750. The fourth-order valence-electron chi connectivity index (χ4n) is 17.1. The van der Waals surface area contributed by atoms with Crippen LogP contribution in [0.1, 0.15) is 144 Å². The molecular formula is C99H134IN11O31S5. The number of alkyl carbamates (subject to hydrolysis) is 2. The Hall–Kier alpha value is -8.76. The first kappa shape index (κ1) is 120. The van der Waals surface area contributed by atoms with E-state index in [1.807, 2.05) is 48.9 Å². The molecular weight excluding hydrogens is 2130 g/mol. The first-order chi connectivity index (χ1) is 70.3. The number of thioether (sulfide) groups is 3. The molecule has 4 aliphatic heterocycles. The standard InChI is InChI=1S/C99H134IN11O31S5/c1-17-111(73(116)46-104-97(124)135-47-57-25-28-60(29-26-57)105-92(121)58(23-22-34-103-96(101)123)42-67(112)79(51(2)3)108-72(115)31-36-132-38-39-133-37-35-102-91(120)59-27-30-62-63(41-59)107-65(50-144-16)64(106-62)49-143-15)66-48-134-74(44-71(66)127-10)140-88-83(118)80(54(7)137-95(88)139-70-24-20-18-19-21-33-99(126)45-69(114)81(109-98(125)131-14)77(70)61(99)32-40-145-147-52(4)5)110-142-75-43-68(113)90(56(9)136-75)146-93(122)76-53(6)78(100)86(89(130-13)85(76)128-11)141-94-84(119)87(129-12)82(117)55(8)138-94/h18-19,25-30,32,41,51-52,54-56,58,66,68,70-71,74-75,79-80,82-84,87-88,90,94-95,110,113,117-119,126H,17,22-23,31,34-40,42-50H2,1-16H3,(H,102,120)(H,104,124)(H,105,121)(H,108,115)(H,109,125)(H3,101,103,123)/b19-18-,61-32+/t54?,55?,56?,58-,66?,68?,70+,71?,74?,75?,79+,80?,82?,83?,84?,87?,88?,90?,94?,95?,99+/m1/s1. The Morgan fingerprint density at radius 1 is 0.755 bits per heavy atom. The monoisotopic (exact) mass is 2260 g/mol. The van der Waals surface area contributed by atoms with Gasteiger partial charge in [-0.3, -0.25) is 43.7 Å². The fraction of sp³-hybridized carbons (Fsp3) is 0.596. The van der Waals surface area contributed by atoms with Gasteiger partial charge >= 0.3 is 18.2 Å². The highest BCUT2D eigenvalue weighted by Gasteiger charge is 2.53. The van der Waals surface area contributed by atoms with Crippen molar-refractivity contribution >= 4 is 155 Å². The van der Waals surface area contributed by atoms with Gasteiger partial charge in [-0.05, 0) is 142 Å². The molecule has 8 amide bonds. The molecule has 10 rings (SSSR count). The molecule has 4 aromatic rings. The lowest BCUT2D eigenvalue weighted by atomic mass is 9.75. The SMILES string of the molecule is CCN(C(=O)CNC(=O)OCc1ccc(NC(=O)[C@H](CCCNC(N)=O)CC(=O)[C@@H](NC(=O)CCOCCOCCNC(=O)c2ccc3nc(CSC)c(CSC)nc3c2)C(C)C)cc1)C1COC(OC2C(O[C@H]3C#C/C=C\C#C[C@]4(O)CC(=O)C(NC(=O)OC)=C3/C4=C\CSSC(C)C)OC(C)C(NOC3CC(O)C(SC(=O)c4c(C)c(I)c(OC5OC(C)C(O)C(OC)C5O)c(OC)c4OC)C(C)O3)C2O)CC1OC. The van der Waals surface area contributed by atoms with Crippen molar-refractivity contribution < 1.29 is 149 Å². The molecule has 4 saturated heterocycles. The third kappa shape index (κ3) is 33.1. The number of aliphatic hydroxyl groups excluding tert-OH is 4. The van der Waals surface area contributed by atoms with Crippen molar-refractivity contribution in [3.05, 3.63) is 115 Å². The van der Waals surface area contributed by atoms with E-state index in [0.717, 1.165) is 36.0 Å². The highest BCUT2D eigenvalue weighted by molar-refractivity contribution is 14.1. The zero-order valence-corrected chi connectivity index (χ0v) is 91.0. The van der Waals surface area contributed by atoms with Gasteiger partial charge in [0.15, 0.2) is 47.5 Å². The highest BCUT2D eigenvalue weighted by Crippen LogP contribution is 2.50. The minimum atomic E-state index is -2.18. The molecule has 0 spiro atoms. The van der Waals surface area contributed by atoms with Gasteiger partial charge in [-0.15, -0.1) is 0 Å². The summed E-state index contributed by atoms with van der Waals surface area (Å²) in [5.41, 5.74) is 10.5. The van der Waals surface area contributed by atoms with Gasteiger partial charge in [0.05, 0.1) is 152 Å². The van der Waals surface area contributed by atoms with Crippen LogP contribution in [-0.2, 0) is 104 Å². The van der Waals surface area contributed by atoms with E-state index in [-0.39, 0.29) is 160 Å². The fourth-order valence-corrected chi connectivity index (χ4v) is 21.7. The summed E-state index contributed by atoms with van der Waals surface area (Å²) >= 11 is 6.07. The van der Waals surface area contributed by atoms with Crippen molar-refractivity contribution in [3.8, 4) is 40.9 Å². The topological polar surface area (TPSA) is 559 Å². The van der Waals surface area contributed by atoms with Gasteiger partial charge in [-0.2, -0.15) is 29.0 Å². The number of rotatable bonds is 51. The number of hydrogen-bond acceptors (Lipinski definition) is 39. The van der Waals surface area contributed by atoms with Crippen molar-refractivity contribution in [1.29, 1.82) is 0 Å². The van der Waals surface area contributed by atoms with E-state index in [0.29, 0.717) is 42.7 Å². The molecule has 17 unspecified atom stereocenters. The van der Waals surface area contributed by atoms with Crippen LogP contribution in [0.25, 0.3) is 11.0 Å². The van der Waals surface area contributed by atoms with Gasteiger partial charge in [-0.1, -0.05) is 103 Å². The predicted molar refractivity (Wildman–Crippen MR) is 557 cm³/mol. The largest absolute Gasteiger partial charge is 0.492 e. The summed E-state index contributed by atoms with van der Waals surface area (Å²) in [7, 11) is 9.50. The first-order valence-corrected chi connectivity index (χ1v) is 55.0. The molecule has 42 nitrogen and oxygen atoms in total. The van der Waals surface area contributed by atoms with Gasteiger partial charge < -0.3 is 134 Å². The van der Waals surface area contributed by atoms with Crippen LogP contribution >= 0.6 is 79.5 Å². The first-order valence-electron chi connectivity index (χ1n) is 47.9. The number of primary amides is 1. The van der Waals surface area contributed by atoms with Crippen LogP contribution in [0.5, 0.6) is 17.2 Å². The Labute approximate surface area is 888 Å². The summed E-state index contributed by atoms with van der Waals surface area (Å²) in [6.45, 7) is 15.6. The molecule has 2 aliphatic carbocycles. The van der Waals surface area contributed by atoms with Crippen molar-refractivity contribution in [3.63, 3.8) is 0 Å². The molecule has 0 radical (unpaired) electrons. The average molecular weight is 2260 g/mol. The quantitative estimate of drug-likeness (QED) is 0.00688. The number of benzene rings is 3. The lowest BCUT2D eigenvalue weighted by molar-refractivity contribution is -0.337. The molecule has 3 aromatic carbocycles. The summed E-state index contributed by atoms with van der Waals surface area (Å²) < 4.78 is 90.6. The molecule has 808 valence electrons. The minimum Gasteiger partial charge on any atom is -0.492 e. The number of ketones is 2. The maximum absolute atomic E-state index is 14.7. The van der Waals surface area contributed by atoms with Crippen LogP contribution in [0.4, 0.5) is 20.1 Å². The molecule has 6 aliphatic rings. The number of halogens is 1. The number of anilines is 1. The number of methoxy groups -OCH3 is 5. The maximum atomic E-state index is 14.7. The molecule has 4 fully saturated rings. The molecule has 5 heterocycles. The number of hydrogen-bond donors (Lipinski definition) is 13. The summed E-state index contributed by atoms with van der Waals surface area (Å²) in [5, 5.41) is 74.1. The number of amides is 8. The van der Waals surface area contributed by atoms with Crippen molar-refractivity contribution in [2.45, 2.75) is 252 Å². The number of aromatic nitrogens is 2. The van der Waals surface area contributed by atoms with Gasteiger partial charge in [0.1, 0.15) is 49.8 Å². The molecule has 2 bridgehead atoms. The lowest BCUT2D eigenvalue weighted by Gasteiger charge is -2.47. The van der Waals surface area contributed by atoms with Gasteiger partial charge in [0.2, 0.25) is 34.9 Å². The summed E-state index contributed by atoms with van der Waals surface area (Å²) in [4.78, 5) is 153. The number of hydroxylamine groups is 1. The summed E-state index contributed by atoms with van der Waals surface area (Å²) in [5.74, 6) is 8.91. The van der Waals surface area contributed by atoms with Crippen molar-refractivity contribution in [2.75, 3.05) is 118 Å². The average Bonchev–Trinajstić information content (AvgIpc) is 0.748. The predicted octanol–water partition coefficient (Wildman–Crippen LogP) is 7.12. The second kappa shape index (κ2) is 58.7. The minimum absolute atomic E-state index is 0.0133. The van der Waals surface area contributed by atoms with E-state index in [2.05, 4.69) is 61.1 Å². The number of nitrogens with one attached hydrogen (secondary N) is 7. The van der Waals surface area contributed by atoms with Crippen LogP contribution in [0.2, 0.25) is 0 Å². The normalized spacial score (nSPS) is 25.8. The Morgan fingerprint density at radius 3 is 2.12 bits per heavy atom. The van der Waals surface area contributed by atoms with Gasteiger partial charge in [-0.25, -0.2) is 24.4 Å². The third-order valence-corrected chi connectivity index (χ3v) is 31.3. The van der Waals surface area contributed by atoms with E-state index in [1.54, 1.807) is 131 Å². The smallest absolute Gasteiger partial charge is 0.411 e. The van der Waals surface area contributed by atoms with E-state index in [4.69, 9.17) is 91.6 Å². The molecule has 0 saturated carbocycles. The van der Waals surface area contributed by atoms with Crippen LogP contribution in [-0.4, -0.2) is 338 Å². The molecule has 48 heteroatoms. The molecule has 21 atom stereocenters. The Morgan fingerprint density at radius 2 is 1.46 bits per heavy atom. The van der Waals surface area contributed by atoms with Gasteiger partial charge in [0.25, 0.3) is 5.91 Å². The van der Waals surface area contributed by atoms with E-state index in [1.165, 1.54) is 56.3 Å². The maximum Gasteiger partial charge on any atom is 0.411 e. The third-order valence-electron chi connectivity index (χ3n) is 24.6. The zero-order chi connectivity index (χ0) is 107. The number of nitrogens with zero attached hydrogens (tertiary/aromatic N) is 3. The number of aliphatic hydroxyl groups is 5. The second-order valence-corrected chi connectivity index (χ2v) is 42.6. The highest BCUT2D eigenvalue weighted by atomic mass is 127. The van der Waals surface area contributed by atoms with Crippen LogP contribution in [0.15, 0.2) is 77.5 Å². The van der Waals surface area contributed by atoms with Crippen LogP contribution < -0.4 is 57.3 Å². The number of fused-ring (bicyclic) bond motifs is 3. The van der Waals surface area contributed by atoms with Crippen LogP contribution in [0.3, 0.4) is 0 Å². The Kier molecular flexibility index (Phi) is 48.0. The summed E-state index contributed by atoms with van der Waals surface area (Å²) in [6, 6.07) is 7.72. The number of likely N-dealkylation sites (N-methyl/N-ethyl adjacent to an activating group) is 1.